The highest BCUT2D eigenvalue weighted by Crippen LogP contribution is 2.60. The molecule has 8 heteroatoms. The first-order chi connectivity index (χ1) is 17.0. The first-order valence-corrected chi connectivity index (χ1v) is 13.3. The largest absolute Gasteiger partial charge is 0.461 e. The van der Waals surface area contributed by atoms with Crippen LogP contribution in [-0.4, -0.2) is 58.6 Å². The quantitative estimate of drug-likeness (QED) is 0.318. The van der Waals surface area contributed by atoms with Crippen molar-refractivity contribution in [2.24, 2.45) is 28.6 Å². The van der Waals surface area contributed by atoms with Gasteiger partial charge in [-0.1, -0.05) is 32.9 Å². The monoisotopic (exact) mass is 520 g/mol. The summed E-state index contributed by atoms with van der Waals surface area (Å²) in [5.41, 5.74) is 1.28. The Morgan fingerprint density at radius 3 is 2.19 bits per heavy atom. The van der Waals surface area contributed by atoms with Gasteiger partial charge in [0.1, 0.15) is 18.3 Å². The minimum atomic E-state index is -0.884. The van der Waals surface area contributed by atoms with E-state index in [-0.39, 0.29) is 0 Å². The second-order valence-corrected chi connectivity index (χ2v) is 12.3. The predicted molar refractivity (Wildman–Crippen MR) is 137 cm³/mol. The highest BCUT2D eigenvalue weighted by molar-refractivity contribution is 5.73. The van der Waals surface area contributed by atoms with E-state index in [1.54, 1.807) is 13.8 Å². The number of hydrogen-bond donors (Lipinski definition) is 2. The van der Waals surface area contributed by atoms with Crippen LogP contribution < -0.4 is 0 Å². The number of hydrogen-bond acceptors (Lipinski definition) is 8. The third-order valence-electron chi connectivity index (χ3n) is 9.09. The number of carbonyl (C=O) groups excluding carboxylic acids is 3. The van der Waals surface area contributed by atoms with Crippen molar-refractivity contribution in [3.05, 3.63) is 23.3 Å². The maximum atomic E-state index is 13.0. The molecule has 0 heterocycles. The third-order valence-corrected chi connectivity index (χ3v) is 9.09. The molecule has 8 nitrogen and oxygen atoms in total. The van der Waals surface area contributed by atoms with Gasteiger partial charge in [-0.2, -0.15) is 0 Å². The average molecular weight is 521 g/mol. The molecular formula is C29H44O8. The Hall–Kier alpha value is -2.19. The van der Waals surface area contributed by atoms with E-state index in [2.05, 4.69) is 13.5 Å². The summed E-state index contributed by atoms with van der Waals surface area (Å²) in [6.45, 7) is 18.2. The van der Waals surface area contributed by atoms with Gasteiger partial charge in [0.2, 0.25) is 0 Å². The van der Waals surface area contributed by atoms with Gasteiger partial charge >= 0.3 is 17.9 Å². The normalized spacial score (nSPS) is 36.9. The van der Waals surface area contributed by atoms with Crippen LogP contribution in [0.1, 0.15) is 81.1 Å². The molecule has 0 aliphatic heterocycles. The van der Waals surface area contributed by atoms with Crippen molar-refractivity contribution >= 4 is 17.9 Å². The topological polar surface area (TPSA) is 119 Å². The molecular weight excluding hydrogens is 476 g/mol. The van der Waals surface area contributed by atoms with Crippen LogP contribution in [0.15, 0.2) is 23.3 Å². The Kier molecular flexibility index (Phi) is 8.35. The van der Waals surface area contributed by atoms with Crippen LogP contribution in [0.4, 0.5) is 0 Å². The van der Waals surface area contributed by atoms with E-state index in [9.17, 15) is 24.6 Å². The Labute approximate surface area is 220 Å². The molecule has 2 bridgehead atoms. The molecule has 9 atom stereocenters. The molecule has 0 aromatic heterocycles. The number of ether oxygens (including phenoxy) is 3. The molecule has 208 valence electrons. The summed E-state index contributed by atoms with van der Waals surface area (Å²) in [6, 6.07) is 0. The maximum absolute atomic E-state index is 13.0. The molecule has 3 rings (SSSR count). The highest BCUT2D eigenvalue weighted by atomic mass is 16.6. The van der Waals surface area contributed by atoms with Crippen molar-refractivity contribution in [1.29, 1.82) is 0 Å². The van der Waals surface area contributed by atoms with Crippen LogP contribution in [0, 0.1) is 28.6 Å². The predicted octanol–water partition coefficient (Wildman–Crippen LogP) is 3.88. The molecule has 3 aliphatic rings. The lowest BCUT2D eigenvalue weighted by molar-refractivity contribution is -0.187. The summed E-state index contributed by atoms with van der Waals surface area (Å²) in [5, 5.41) is 21.6. The van der Waals surface area contributed by atoms with Crippen LogP contribution in [0.5, 0.6) is 0 Å². The number of aliphatic hydroxyl groups excluding tert-OH is 2. The molecule has 0 amide bonds. The fraction of sp³-hybridized carbons (Fsp3) is 0.759. The molecule has 2 saturated carbocycles. The highest BCUT2D eigenvalue weighted by Gasteiger charge is 2.60. The Balaban J connectivity index is 2.20. The van der Waals surface area contributed by atoms with Gasteiger partial charge in [0.05, 0.1) is 18.1 Å². The van der Waals surface area contributed by atoms with Crippen LogP contribution in [0.2, 0.25) is 0 Å². The zero-order chi connectivity index (χ0) is 28.0. The number of aliphatic hydroxyl groups is 2. The number of carbonyl (C=O) groups is 3. The number of fused-ring (bicyclic) bond motifs is 3. The van der Waals surface area contributed by atoms with Crippen molar-refractivity contribution in [3.63, 3.8) is 0 Å². The lowest BCUT2D eigenvalue weighted by atomic mass is 9.50. The standard InChI is InChI=1S/C29H44O8/c1-14-12-22(37-27(34)15(2)17(4)30)25-26(36-19(6)32)24-16(3)21(35-18(5)31)10-11-29(24,9)13-20(33)23(14)28(25,7)8/h15,17,20-22,24-26,30,33H,3,10-13H2,1-2,4-9H3/t15-,17+,20+,21+,22+,24+,25+,26+,29+/m1/s1. The van der Waals surface area contributed by atoms with Crippen LogP contribution >= 0.6 is 0 Å². The summed E-state index contributed by atoms with van der Waals surface area (Å²) < 4.78 is 17.8. The molecule has 0 unspecified atom stereocenters. The smallest absolute Gasteiger partial charge is 0.311 e. The lowest BCUT2D eigenvalue weighted by Gasteiger charge is -2.58. The number of esters is 3. The lowest BCUT2D eigenvalue weighted by Crippen LogP contribution is -2.60. The van der Waals surface area contributed by atoms with Crippen LogP contribution in [0.25, 0.3) is 0 Å². The SMILES string of the molecule is C=C1[C@@H](OC(C)=O)CC[C@@]2(C)C[C@H](O)C3=C(C)C[C@H](OC(=O)[C@H](C)[C@H](C)O)[C@@H]([C@@H](OC(C)=O)[C@H]12)C3(C)C. The Bertz CT molecular complexity index is 978. The van der Waals surface area contributed by atoms with Crippen molar-refractivity contribution in [1.82, 2.24) is 0 Å². The van der Waals surface area contributed by atoms with Gasteiger partial charge in [-0.05, 0) is 62.0 Å². The summed E-state index contributed by atoms with van der Waals surface area (Å²) in [6.07, 6.45) is -1.56. The molecule has 0 aromatic rings. The molecule has 37 heavy (non-hydrogen) atoms. The van der Waals surface area contributed by atoms with Gasteiger partial charge in [-0.25, -0.2) is 0 Å². The molecule has 2 fully saturated rings. The second-order valence-electron chi connectivity index (χ2n) is 12.3. The summed E-state index contributed by atoms with van der Waals surface area (Å²) in [7, 11) is 0. The van der Waals surface area contributed by atoms with Crippen molar-refractivity contribution in [2.45, 2.75) is 112 Å². The van der Waals surface area contributed by atoms with Gasteiger partial charge in [0.25, 0.3) is 0 Å². The van der Waals surface area contributed by atoms with E-state index in [4.69, 9.17) is 14.2 Å². The number of rotatable bonds is 5. The minimum absolute atomic E-state index is 0.375. The fourth-order valence-corrected chi connectivity index (χ4v) is 7.34. The zero-order valence-electron chi connectivity index (χ0n) is 23.5. The van der Waals surface area contributed by atoms with Gasteiger partial charge in [0.15, 0.2) is 0 Å². The maximum Gasteiger partial charge on any atom is 0.311 e. The van der Waals surface area contributed by atoms with E-state index in [1.165, 1.54) is 13.8 Å². The summed E-state index contributed by atoms with van der Waals surface area (Å²) >= 11 is 0. The van der Waals surface area contributed by atoms with Crippen molar-refractivity contribution in [2.75, 3.05) is 0 Å². The van der Waals surface area contributed by atoms with Gasteiger partial charge in [-0.15, -0.1) is 0 Å². The zero-order valence-corrected chi connectivity index (χ0v) is 23.5. The van der Waals surface area contributed by atoms with E-state index >= 15 is 0 Å². The second kappa shape index (κ2) is 10.5. The Morgan fingerprint density at radius 2 is 1.65 bits per heavy atom. The summed E-state index contributed by atoms with van der Waals surface area (Å²) in [5.74, 6) is -3.09. The Morgan fingerprint density at radius 1 is 1.05 bits per heavy atom. The molecule has 3 aliphatic carbocycles. The van der Waals surface area contributed by atoms with E-state index < -0.39 is 77.0 Å². The average Bonchev–Trinajstić information content (AvgIpc) is 2.72. The molecule has 0 radical (unpaired) electrons. The third kappa shape index (κ3) is 5.51. The summed E-state index contributed by atoms with van der Waals surface area (Å²) in [4.78, 5) is 37.4. The van der Waals surface area contributed by atoms with E-state index in [0.717, 1.165) is 11.1 Å². The van der Waals surface area contributed by atoms with Crippen molar-refractivity contribution < 1.29 is 38.8 Å². The van der Waals surface area contributed by atoms with Gasteiger partial charge in [-0.3, -0.25) is 14.4 Å². The van der Waals surface area contributed by atoms with Gasteiger partial charge in [0, 0.05) is 32.1 Å². The van der Waals surface area contributed by atoms with Gasteiger partial charge < -0.3 is 24.4 Å². The minimum Gasteiger partial charge on any atom is -0.461 e. The first kappa shape index (κ1) is 29.4. The fourth-order valence-electron chi connectivity index (χ4n) is 7.34. The van der Waals surface area contributed by atoms with Crippen molar-refractivity contribution in [3.8, 4) is 0 Å². The van der Waals surface area contributed by atoms with Crippen LogP contribution in [0.3, 0.4) is 0 Å². The molecule has 2 N–H and O–H groups in total. The molecule has 0 saturated heterocycles. The van der Waals surface area contributed by atoms with Crippen LogP contribution in [-0.2, 0) is 28.6 Å². The van der Waals surface area contributed by atoms with E-state index in [0.29, 0.717) is 31.3 Å². The first-order valence-electron chi connectivity index (χ1n) is 13.3. The molecule has 0 spiro atoms. The molecule has 0 aromatic carbocycles. The van der Waals surface area contributed by atoms with E-state index in [1.807, 2.05) is 20.8 Å².